The highest BCUT2D eigenvalue weighted by Crippen LogP contribution is 2.09. The molecule has 0 atom stereocenters. The Kier molecular flexibility index (Phi) is 5.55. The molecule has 0 bridgehead atoms. The van der Waals surface area contributed by atoms with E-state index >= 15 is 0 Å². The molecule has 4 nitrogen and oxygen atoms in total. The van der Waals surface area contributed by atoms with Gasteiger partial charge in [0.25, 0.3) is 5.91 Å². The van der Waals surface area contributed by atoms with Crippen molar-refractivity contribution in [2.45, 2.75) is 0 Å². The lowest BCUT2D eigenvalue weighted by molar-refractivity contribution is -0.123. The first-order valence-electron chi connectivity index (χ1n) is 6.00. The summed E-state index contributed by atoms with van der Waals surface area (Å²) in [5, 5.41) is 3.91. The Morgan fingerprint density at radius 1 is 1.15 bits per heavy atom. The van der Waals surface area contributed by atoms with Gasteiger partial charge in [0.05, 0.1) is 6.21 Å². The number of halogens is 1. The van der Waals surface area contributed by atoms with Crippen LogP contribution in [0.1, 0.15) is 5.56 Å². The van der Waals surface area contributed by atoms with Crippen LogP contribution in [0.15, 0.2) is 59.7 Å². The highest BCUT2D eigenvalue weighted by atomic mass is 127. The lowest BCUT2D eigenvalue weighted by Crippen LogP contribution is -2.24. The molecule has 0 unspecified atom stereocenters. The second-order valence-corrected chi connectivity index (χ2v) is 5.08. The molecule has 2 aromatic rings. The number of hydrazone groups is 1. The molecule has 20 heavy (non-hydrogen) atoms. The molecule has 1 N–H and O–H groups in total. The zero-order valence-electron chi connectivity index (χ0n) is 10.6. The number of ether oxygens (including phenoxy) is 1. The van der Waals surface area contributed by atoms with Crippen LogP contribution >= 0.6 is 22.6 Å². The summed E-state index contributed by atoms with van der Waals surface area (Å²) in [5.74, 6) is 0.361. The van der Waals surface area contributed by atoms with E-state index in [1.165, 1.54) is 0 Å². The summed E-state index contributed by atoms with van der Waals surface area (Å²) in [5.41, 5.74) is 3.39. The first-order valence-corrected chi connectivity index (χ1v) is 7.08. The van der Waals surface area contributed by atoms with Crippen molar-refractivity contribution in [3.63, 3.8) is 0 Å². The number of benzene rings is 2. The van der Waals surface area contributed by atoms with Crippen LogP contribution in [0.5, 0.6) is 5.75 Å². The SMILES string of the molecule is O=C(COc1ccccc1)N/N=C\c1ccccc1I. The number of nitrogens with one attached hydrogen (secondary N) is 1. The maximum atomic E-state index is 11.5. The smallest absolute Gasteiger partial charge is 0.277 e. The van der Waals surface area contributed by atoms with E-state index in [9.17, 15) is 4.79 Å². The number of para-hydroxylation sites is 1. The molecule has 5 heteroatoms. The van der Waals surface area contributed by atoms with Gasteiger partial charge in [-0.3, -0.25) is 4.79 Å². The van der Waals surface area contributed by atoms with Gasteiger partial charge in [0.2, 0.25) is 0 Å². The summed E-state index contributed by atoms with van der Waals surface area (Å²) in [6.45, 7) is -0.0623. The van der Waals surface area contributed by atoms with Gasteiger partial charge >= 0.3 is 0 Å². The summed E-state index contributed by atoms with van der Waals surface area (Å²) >= 11 is 2.21. The number of rotatable bonds is 5. The van der Waals surface area contributed by atoms with E-state index in [1.807, 2.05) is 42.5 Å². The quantitative estimate of drug-likeness (QED) is 0.493. The highest BCUT2D eigenvalue weighted by molar-refractivity contribution is 14.1. The molecule has 0 aliphatic heterocycles. The van der Waals surface area contributed by atoms with E-state index in [-0.39, 0.29) is 12.5 Å². The third kappa shape index (κ3) is 4.65. The normalized spacial score (nSPS) is 10.4. The van der Waals surface area contributed by atoms with E-state index in [0.717, 1.165) is 9.13 Å². The molecule has 0 saturated carbocycles. The molecule has 0 aliphatic rings. The van der Waals surface area contributed by atoms with Gasteiger partial charge in [-0.2, -0.15) is 5.10 Å². The minimum atomic E-state index is -0.295. The van der Waals surface area contributed by atoms with Crippen LogP contribution < -0.4 is 10.2 Å². The summed E-state index contributed by atoms with van der Waals surface area (Å²) in [4.78, 5) is 11.5. The predicted molar refractivity (Wildman–Crippen MR) is 86.8 cm³/mol. The van der Waals surface area contributed by atoms with Gasteiger partial charge < -0.3 is 4.74 Å². The molecule has 0 radical (unpaired) electrons. The Hall–Kier alpha value is -1.89. The lowest BCUT2D eigenvalue weighted by Gasteiger charge is -2.04. The van der Waals surface area contributed by atoms with Crippen LogP contribution in [0, 0.1) is 3.57 Å². The number of carbonyl (C=O) groups is 1. The fourth-order valence-electron chi connectivity index (χ4n) is 1.45. The van der Waals surface area contributed by atoms with E-state index in [1.54, 1.807) is 18.3 Å². The van der Waals surface area contributed by atoms with Crippen LogP contribution in [-0.4, -0.2) is 18.7 Å². The molecule has 102 valence electrons. The monoisotopic (exact) mass is 380 g/mol. The predicted octanol–water partition coefficient (Wildman–Crippen LogP) is 2.82. The Morgan fingerprint density at radius 3 is 2.60 bits per heavy atom. The highest BCUT2D eigenvalue weighted by Gasteiger charge is 2.00. The van der Waals surface area contributed by atoms with Gasteiger partial charge in [-0.1, -0.05) is 36.4 Å². The molecule has 2 rings (SSSR count). The minimum Gasteiger partial charge on any atom is -0.484 e. The topological polar surface area (TPSA) is 50.7 Å². The van der Waals surface area contributed by atoms with Crippen LogP contribution in [0.3, 0.4) is 0 Å². The van der Waals surface area contributed by atoms with Crippen molar-refractivity contribution in [3.8, 4) is 5.75 Å². The average molecular weight is 380 g/mol. The van der Waals surface area contributed by atoms with Gasteiger partial charge in [0.15, 0.2) is 6.61 Å². The zero-order valence-corrected chi connectivity index (χ0v) is 12.8. The standard InChI is InChI=1S/C15H13IN2O2/c16-14-9-5-4-6-12(14)10-17-18-15(19)11-20-13-7-2-1-3-8-13/h1-10H,11H2,(H,18,19)/b17-10-. The molecule has 0 aliphatic carbocycles. The van der Waals surface area contributed by atoms with Crippen molar-refractivity contribution >= 4 is 34.7 Å². The summed E-state index contributed by atoms with van der Waals surface area (Å²) in [6, 6.07) is 16.9. The van der Waals surface area contributed by atoms with Gasteiger partial charge in [-0.05, 0) is 40.8 Å². The van der Waals surface area contributed by atoms with E-state index in [4.69, 9.17) is 4.74 Å². The Labute approximate surface area is 131 Å². The van der Waals surface area contributed by atoms with Crippen molar-refractivity contribution < 1.29 is 9.53 Å². The molecule has 1 amide bonds. The van der Waals surface area contributed by atoms with Gasteiger partial charge in [0, 0.05) is 9.13 Å². The van der Waals surface area contributed by atoms with Crippen molar-refractivity contribution in [2.24, 2.45) is 5.10 Å². The maximum Gasteiger partial charge on any atom is 0.277 e. The largest absolute Gasteiger partial charge is 0.484 e. The summed E-state index contributed by atoms with van der Waals surface area (Å²) in [7, 11) is 0. The van der Waals surface area contributed by atoms with E-state index in [0.29, 0.717) is 5.75 Å². The molecule has 2 aromatic carbocycles. The number of amides is 1. The third-order valence-electron chi connectivity index (χ3n) is 2.41. The molecule has 0 saturated heterocycles. The van der Waals surface area contributed by atoms with Gasteiger partial charge in [0.1, 0.15) is 5.75 Å². The molecule has 0 spiro atoms. The van der Waals surface area contributed by atoms with Gasteiger partial charge in [-0.25, -0.2) is 5.43 Å². The Balaban J connectivity index is 1.79. The van der Waals surface area contributed by atoms with Gasteiger partial charge in [-0.15, -0.1) is 0 Å². The van der Waals surface area contributed by atoms with Crippen LogP contribution in [0.2, 0.25) is 0 Å². The second-order valence-electron chi connectivity index (χ2n) is 3.92. The van der Waals surface area contributed by atoms with Crippen molar-refractivity contribution in [1.82, 2.24) is 5.43 Å². The van der Waals surface area contributed by atoms with Crippen molar-refractivity contribution in [2.75, 3.05) is 6.61 Å². The summed E-state index contributed by atoms with van der Waals surface area (Å²) < 4.78 is 6.38. The fraction of sp³-hybridized carbons (Fsp3) is 0.0667. The first kappa shape index (κ1) is 14.5. The number of carbonyl (C=O) groups excluding carboxylic acids is 1. The van der Waals surface area contributed by atoms with Crippen LogP contribution in [0.25, 0.3) is 0 Å². The molecular weight excluding hydrogens is 367 g/mol. The molecule has 0 aromatic heterocycles. The first-order chi connectivity index (χ1) is 9.75. The van der Waals surface area contributed by atoms with Crippen molar-refractivity contribution in [3.05, 3.63) is 63.7 Å². The van der Waals surface area contributed by atoms with E-state index in [2.05, 4.69) is 33.1 Å². The minimum absolute atomic E-state index is 0.0623. The van der Waals surface area contributed by atoms with Crippen molar-refractivity contribution in [1.29, 1.82) is 0 Å². The number of hydrogen-bond donors (Lipinski definition) is 1. The lowest BCUT2D eigenvalue weighted by atomic mass is 10.2. The fourth-order valence-corrected chi connectivity index (χ4v) is 1.98. The number of nitrogens with zero attached hydrogens (tertiary/aromatic N) is 1. The molecule has 0 heterocycles. The Morgan fingerprint density at radius 2 is 1.85 bits per heavy atom. The second kappa shape index (κ2) is 7.64. The molecular formula is C15H13IN2O2. The average Bonchev–Trinajstić information content (AvgIpc) is 2.48. The third-order valence-corrected chi connectivity index (χ3v) is 3.39. The zero-order chi connectivity index (χ0) is 14.2. The van der Waals surface area contributed by atoms with Crippen LogP contribution in [-0.2, 0) is 4.79 Å². The molecule has 0 fully saturated rings. The maximum absolute atomic E-state index is 11.5. The Bertz CT molecular complexity index is 600. The van der Waals surface area contributed by atoms with Crippen LogP contribution in [0.4, 0.5) is 0 Å². The number of hydrogen-bond acceptors (Lipinski definition) is 3. The van der Waals surface area contributed by atoms with E-state index < -0.39 is 0 Å². The summed E-state index contributed by atoms with van der Waals surface area (Å²) in [6.07, 6.45) is 1.61.